The van der Waals surface area contributed by atoms with Crippen LogP contribution in [0.15, 0.2) is 113 Å². The van der Waals surface area contributed by atoms with E-state index in [1.165, 1.54) is 23.9 Å². The Balaban J connectivity index is 1.35. The second-order valence-corrected chi connectivity index (χ2v) is 9.91. The summed E-state index contributed by atoms with van der Waals surface area (Å²) in [6.07, 6.45) is 1.84. The van der Waals surface area contributed by atoms with Crippen LogP contribution >= 0.6 is 11.8 Å². The summed E-state index contributed by atoms with van der Waals surface area (Å²) in [4.78, 5) is 29.5. The number of anilines is 1. The van der Waals surface area contributed by atoms with Gasteiger partial charge in [-0.25, -0.2) is 4.39 Å². The van der Waals surface area contributed by atoms with E-state index in [0.717, 1.165) is 27.3 Å². The van der Waals surface area contributed by atoms with E-state index >= 15 is 0 Å². The first-order valence-electron chi connectivity index (χ1n) is 12.0. The third-order valence-electron chi connectivity index (χ3n) is 6.20. The molecule has 1 aliphatic rings. The Morgan fingerprint density at radius 3 is 2.32 bits per heavy atom. The van der Waals surface area contributed by atoms with E-state index in [1.54, 1.807) is 29.2 Å². The van der Waals surface area contributed by atoms with Crippen LogP contribution in [0.4, 0.5) is 10.1 Å². The average Bonchev–Trinajstić information content (AvgIpc) is 2.93. The molecule has 0 spiro atoms. The highest BCUT2D eigenvalue weighted by Crippen LogP contribution is 2.42. The fourth-order valence-corrected chi connectivity index (χ4v) is 5.24. The summed E-state index contributed by atoms with van der Waals surface area (Å²) in [6.45, 7) is 2.29. The number of amides is 2. The zero-order chi connectivity index (χ0) is 25.8. The zero-order valence-electron chi connectivity index (χ0n) is 20.2. The van der Waals surface area contributed by atoms with Gasteiger partial charge >= 0.3 is 0 Å². The van der Waals surface area contributed by atoms with Crippen molar-refractivity contribution in [1.82, 2.24) is 5.32 Å². The van der Waals surface area contributed by atoms with E-state index < -0.39 is 0 Å². The Morgan fingerprint density at radius 2 is 1.59 bits per heavy atom. The van der Waals surface area contributed by atoms with Crippen LogP contribution in [0.3, 0.4) is 0 Å². The number of para-hydroxylation sites is 1. The fraction of sp³-hybridized carbons (Fsp3) is 0.0968. The van der Waals surface area contributed by atoms with Crippen molar-refractivity contribution in [2.45, 2.75) is 24.4 Å². The molecule has 4 nitrogen and oxygen atoms in total. The molecule has 1 atom stereocenters. The predicted octanol–water partition coefficient (Wildman–Crippen LogP) is 7.00. The van der Waals surface area contributed by atoms with Gasteiger partial charge in [0.1, 0.15) is 5.82 Å². The van der Waals surface area contributed by atoms with Crippen molar-refractivity contribution in [2.75, 3.05) is 4.90 Å². The molecule has 0 aromatic heterocycles. The van der Waals surface area contributed by atoms with Crippen molar-refractivity contribution < 1.29 is 14.0 Å². The lowest BCUT2D eigenvalue weighted by Gasteiger charge is -2.30. The van der Waals surface area contributed by atoms with E-state index in [4.69, 9.17) is 0 Å². The van der Waals surface area contributed by atoms with Crippen molar-refractivity contribution in [3.05, 3.63) is 136 Å². The Kier molecular flexibility index (Phi) is 7.19. The number of nitrogens with one attached hydrogen (secondary N) is 1. The fourth-order valence-electron chi connectivity index (χ4n) is 4.18. The Labute approximate surface area is 219 Å². The van der Waals surface area contributed by atoms with Gasteiger partial charge in [0, 0.05) is 10.5 Å². The second-order valence-electron chi connectivity index (χ2n) is 8.82. The van der Waals surface area contributed by atoms with Crippen LogP contribution in [0.2, 0.25) is 0 Å². The van der Waals surface area contributed by atoms with Crippen molar-refractivity contribution in [3.63, 3.8) is 0 Å². The molecular weight excluding hydrogens is 483 g/mol. The minimum Gasteiger partial charge on any atom is -0.346 e. The lowest BCUT2D eigenvalue weighted by atomic mass is 10.1. The summed E-state index contributed by atoms with van der Waals surface area (Å²) < 4.78 is 13.4. The van der Waals surface area contributed by atoms with Gasteiger partial charge in [0.25, 0.3) is 11.8 Å². The van der Waals surface area contributed by atoms with E-state index in [0.29, 0.717) is 17.0 Å². The van der Waals surface area contributed by atoms with Gasteiger partial charge in [-0.1, -0.05) is 78.5 Å². The normalized spacial score (nSPS) is 14.8. The number of carbonyl (C=O) groups excluding carboxylic acids is 2. The van der Waals surface area contributed by atoms with Crippen molar-refractivity contribution in [2.24, 2.45) is 0 Å². The Morgan fingerprint density at radius 1 is 0.919 bits per heavy atom. The molecular formula is C31H25FN2O2S. The first-order chi connectivity index (χ1) is 18.0. The number of carbonyl (C=O) groups is 2. The van der Waals surface area contributed by atoms with Crippen LogP contribution in [0.1, 0.15) is 40.0 Å². The number of hydrogen-bond donors (Lipinski definition) is 1. The molecule has 5 rings (SSSR count). The Bertz CT molecular complexity index is 1450. The maximum atomic E-state index is 13.5. The lowest BCUT2D eigenvalue weighted by Crippen LogP contribution is -2.33. The summed E-state index contributed by atoms with van der Waals surface area (Å²) in [5.74, 6) is -0.582. The highest BCUT2D eigenvalue weighted by molar-refractivity contribution is 8.04. The number of rotatable bonds is 6. The molecule has 4 aromatic rings. The minimum atomic E-state index is -0.308. The lowest BCUT2D eigenvalue weighted by molar-refractivity contribution is -0.114. The van der Waals surface area contributed by atoms with Gasteiger partial charge in [-0.3, -0.25) is 9.59 Å². The van der Waals surface area contributed by atoms with Gasteiger partial charge in [-0.05, 0) is 66.1 Å². The van der Waals surface area contributed by atoms with Gasteiger partial charge in [0.05, 0.1) is 23.2 Å². The van der Waals surface area contributed by atoms with E-state index in [-0.39, 0.29) is 23.7 Å². The quantitative estimate of drug-likeness (QED) is 0.285. The summed E-state index contributed by atoms with van der Waals surface area (Å²) >= 11 is 1.42. The zero-order valence-corrected chi connectivity index (χ0v) is 21.0. The third kappa shape index (κ3) is 5.65. The van der Waals surface area contributed by atoms with Crippen molar-refractivity contribution in [3.8, 4) is 0 Å². The van der Waals surface area contributed by atoms with Gasteiger partial charge in [-0.2, -0.15) is 0 Å². The molecule has 184 valence electrons. The molecule has 1 aliphatic heterocycles. The molecule has 0 aliphatic carbocycles. The van der Waals surface area contributed by atoms with Gasteiger partial charge in [0.15, 0.2) is 0 Å². The Hall–Kier alpha value is -4.16. The summed E-state index contributed by atoms with van der Waals surface area (Å²) in [5, 5.41) is 3.02. The highest BCUT2D eigenvalue weighted by Gasteiger charge is 2.29. The number of benzene rings is 4. The molecule has 0 bridgehead atoms. The molecule has 0 saturated heterocycles. The molecule has 0 fully saturated rings. The molecule has 0 saturated carbocycles. The standard InChI is InChI=1S/C31H25FN2O2S/c1-21(24-7-3-2-4-8-24)33-30(35)25-15-11-22(12-16-25)19-29-31(36)34(20-23-13-17-26(32)18-14-23)27-9-5-6-10-28(27)37-29/h2-19,21H,20H2,1H3,(H,33,35)/b29-19-. The van der Waals surface area contributed by atoms with Crippen LogP contribution in [-0.4, -0.2) is 11.8 Å². The van der Waals surface area contributed by atoms with E-state index in [2.05, 4.69) is 5.32 Å². The summed E-state index contributed by atoms with van der Waals surface area (Å²) in [5.41, 5.74) is 4.09. The van der Waals surface area contributed by atoms with Crippen molar-refractivity contribution in [1.29, 1.82) is 0 Å². The SMILES string of the molecule is CC(NC(=O)c1ccc(/C=C2\Sc3ccccc3N(Cc3ccc(F)cc3)C2=O)cc1)c1ccccc1. The molecule has 1 N–H and O–H groups in total. The predicted molar refractivity (Wildman–Crippen MR) is 147 cm³/mol. The average molecular weight is 509 g/mol. The maximum Gasteiger partial charge on any atom is 0.265 e. The molecule has 2 amide bonds. The van der Waals surface area contributed by atoms with Crippen LogP contribution < -0.4 is 10.2 Å². The van der Waals surface area contributed by atoms with Gasteiger partial charge in [-0.15, -0.1) is 0 Å². The van der Waals surface area contributed by atoms with Crippen molar-refractivity contribution >= 4 is 35.3 Å². The first-order valence-corrected chi connectivity index (χ1v) is 12.8. The molecule has 1 heterocycles. The van der Waals surface area contributed by atoms with Crippen LogP contribution in [0.5, 0.6) is 0 Å². The summed E-state index contributed by atoms with van der Waals surface area (Å²) in [6, 6.07) is 30.9. The molecule has 6 heteroatoms. The van der Waals surface area contributed by atoms with Gasteiger partial charge in [0.2, 0.25) is 0 Å². The van der Waals surface area contributed by atoms with Gasteiger partial charge < -0.3 is 10.2 Å². The first kappa shape index (κ1) is 24.5. The third-order valence-corrected chi connectivity index (χ3v) is 7.28. The van der Waals surface area contributed by atoms with E-state index in [9.17, 15) is 14.0 Å². The second kappa shape index (κ2) is 10.8. The highest BCUT2D eigenvalue weighted by atomic mass is 32.2. The van der Waals surface area contributed by atoms with E-state index in [1.807, 2.05) is 79.7 Å². The topological polar surface area (TPSA) is 49.4 Å². The molecule has 37 heavy (non-hydrogen) atoms. The largest absolute Gasteiger partial charge is 0.346 e. The number of nitrogens with zero attached hydrogens (tertiary/aromatic N) is 1. The minimum absolute atomic E-state index is 0.112. The number of thioether (sulfide) groups is 1. The number of fused-ring (bicyclic) bond motifs is 1. The monoisotopic (exact) mass is 508 g/mol. The number of hydrogen-bond acceptors (Lipinski definition) is 3. The number of halogens is 1. The maximum absolute atomic E-state index is 13.5. The van der Waals surface area contributed by atoms with Crippen LogP contribution in [0, 0.1) is 5.82 Å². The molecule has 4 aromatic carbocycles. The van der Waals surface area contributed by atoms with Crippen LogP contribution in [0.25, 0.3) is 6.08 Å². The summed E-state index contributed by atoms with van der Waals surface area (Å²) in [7, 11) is 0. The van der Waals surface area contributed by atoms with Crippen LogP contribution in [-0.2, 0) is 11.3 Å². The molecule has 0 radical (unpaired) electrons. The smallest absolute Gasteiger partial charge is 0.265 e. The molecule has 1 unspecified atom stereocenters.